The highest BCUT2D eigenvalue weighted by Gasteiger charge is 2.15. The van der Waals surface area contributed by atoms with Crippen LogP contribution in [0.1, 0.15) is 48.0 Å². The lowest BCUT2D eigenvalue weighted by Crippen LogP contribution is -2.26. The summed E-state index contributed by atoms with van der Waals surface area (Å²) in [6.07, 6.45) is 2.96. The third-order valence-corrected chi connectivity index (χ3v) is 3.34. The topological polar surface area (TPSA) is 29.1 Å². The standard InChI is InChI=1S/C14H19NO/c1-2-14(16)13-5-3-4-12(10-13)11-6-8-15-9-7-11/h3-5,10-11,15H,2,6-9H2,1H3. The largest absolute Gasteiger partial charge is 0.317 e. The van der Waals surface area contributed by atoms with Crippen LogP contribution in [0.3, 0.4) is 0 Å². The Morgan fingerprint density at radius 2 is 2.12 bits per heavy atom. The number of hydrogen-bond acceptors (Lipinski definition) is 2. The summed E-state index contributed by atoms with van der Waals surface area (Å²) < 4.78 is 0. The van der Waals surface area contributed by atoms with Gasteiger partial charge in [-0.2, -0.15) is 0 Å². The average molecular weight is 217 g/mol. The van der Waals surface area contributed by atoms with Crippen LogP contribution < -0.4 is 5.32 Å². The van der Waals surface area contributed by atoms with Gasteiger partial charge < -0.3 is 5.32 Å². The molecule has 2 rings (SSSR count). The Hall–Kier alpha value is -1.15. The van der Waals surface area contributed by atoms with Crippen LogP contribution in [-0.4, -0.2) is 18.9 Å². The maximum Gasteiger partial charge on any atom is 0.162 e. The summed E-state index contributed by atoms with van der Waals surface area (Å²) >= 11 is 0. The zero-order valence-electron chi connectivity index (χ0n) is 9.83. The molecular weight excluding hydrogens is 198 g/mol. The Morgan fingerprint density at radius 3 is 2.81 bits per heavy atom. The van der Waals surface area contributed by atoms with E-state index in [0.29, 0.717) is 12.3 Å². The molecule has 1 fully saturated rings. The van der Waals surface area contributed by atoms with E-state index in [1.807, 2.05) is 19.1 Å². The fourth-order valence-corrected chi connectivity index (χ4v) is 2.33. The first-order chi connectivity index (χ1) is 7.81. The minimum Gasteiger partial charge on any atom is -0.317 e. The maximum atomic E-state index is 11.6. The van der Waals surface area contributed by atoms with Gasteiger partial charge in [0.1, 0.15) is 0 Å². The fourth-order valence-electron chi connectivity index (χ4n) is 2.33. The van der Waals surface area contributed by atoms with E-state index >= 15 is 0 Å². The van der Waals surface area contributed by atoms with E-state index in [0.717, 1.165) is 18.7 Å². The van der Waals surface area contributed by atoms with Gasteiger partial charge in [0, 0.05) is 12.0 Å². The number of nitrogens with one attached hydrogen (secondary N) is 1. The number of hydrogen-bond donors (Lipinski definition) is 1. The zero-order chi connectivity index (χ0) is 11.4. The molecule has 0 aliphatic carbocycles. The Kier molecular flexibility index (Phi) is 3.73. The predicted molar refractivity (Wildman–Crippen MR) is 65.9 cm³/mol. The summed E-state index contributed by atoms with van der Waals surface area (Å²) in [5.74, 6) is 0.877. The number of Topliss-reactive ketones (excluding diaryl/α,β-unsaturated/α-hetero) is 1. The molecular formula is C14H19NO. The van der Waals surface area contributed by atoms with Crippen LogP contribution >= 0.6 is 0 Å². The molecule has 1 heterocycles. The van der Waals surface area contributed by atoms with E-state index in [9.17, 15) is 4.79 Å². The molecule has 2 heteroatoms. The minimum atomic E-state index is 0.246. The summed E-state index contributed by atoms with van der Waals surface area (Å²) in [6.45, 7) is 4.10. The van der Waals surface area contributed by atoms with Gasteiger partial charge in [0.05, 0.1) is 0 Å². The SMILES string of the molecule is CCC(=O)c1cccc(C2CCNCC2)c1. The third-order valence-electron chi connectivity index (χ3n) is 3.34. The number of ketones is 1. The first-order valence-corrected chi connectivity index (χ1v) is 6.15. The van der Waals surface area contributed by atoms with Crippen molar-refractivity contribution in [2.24, 2.45) is 0 Å². The lowest BCUT2D eigenvalue weighted by Gasteiger charge is -2.23. The Balaban J connectivity index is 2.17. The lowest BCUT2D eigenvalue weighted by molar-refractivity contribution is 0.0988. The van der Waals surface area contributed by atoms with Gasteiger partial charge in [-0.15, -0.1) is 0 Å². The second-order valence-corrected chi connectivity index (χ2v) is 4.43. The molecule has 1 aliphatic heterocycles. The molecule has 16 heavy (non-hydrogen) atoms. The highest BCUT2D eigenvalue weighted by atomic mass is 16.1. The second kappa shape index (κ2) is 5.26. The van der Waals surface area contributed by atoms with Crippen molar-refractivity contribution in [1.29, 1.82) is 0 Å². The summed E-state index contributed by atoms with van der Waals surface area (Å²) in [5.41, 5.74) is 2.21. The van der Waals surface area contributed by atoms with Gasteiger partial charge >= 0.3 is 0 Å². The number of carbonyl (C=O) groups excluding carboxylic acids is 1. The van der Waals surface area contributed by atoms with E-state index in [2.05, 4.69) is 17.4 Å². The maximum absolute atomic E-state index is 11.6. The van der Waals surface area contributed by atoms with Crippen molar-refractivity contribution >= 4 is 5.78 Å². The highest BCUT2D eigenvalue weighted by molar-refractivity contribution is 5.95. The molecule has 0 atom stereocenters. The second-order valence-electron chi connectivity index (χ2n) is 4.43. The third kappa shape index (κ3) is 2.50. The molecule has 0 amide bonds. The van der Waals surface area contributed by atoms with Crippen LogP contribution in [-0.2, 0) is 0 Å². The van der Waals surface area contributed by atoms with Gasteiger partial charge in [-0.3, -0.25) is 4.79 Å². The van der Waals surface area contributed by atoms with Crippen LogP contribution in [0.5, 0.6) is 0 Å². The average Bonchev–Trinajstić information content (AvgIpc) is 2.39. The normalized spacial score (nSPS) is 17.3. The molecule has 1 aromatic carbocycles. The number of piperidine rings is 1. The molecule has 0 bridgehead atoms. The number of benzene rings is 1. The van der Waals surface area contributed by atoms with Gasteiger partial charge in [-0.05, 0) is 43.5 Å². The first kappa shape index (κ1) is 11.3. The molecule has 1 N–H and O–H groups in total. The van der Waals surface area contributed by atoms with Gasteiger partial charge in [-0.1, -0.05) is 25.1 Å². The Morgan fingerprint density at radius 1 is 1.38 bits per heavy atom. The Labute approximate surface area is 97.1 Å². The van der Waals surface area contributed by atoms with Gasteiger partial charge in [0.2, 0.25) is 0 Å². The highest BCUT2D eigenvalue weighted by Crippen LogP contribution is 2.25. The van der Waals surface area contributed by atoms with Crippen LogP contribution in [0.25, 0.3) is 0 Å². The smallest absolute Gasteiger partial charge is 0.162 e. The molecule has 1 aliphatic rings. The van der Waals surface area contributed by atoms with E-state index < -0.39 is 0 Å². The van der Waals surface area contributed by atoms with Gasteiger partial charge in [0.25, 0.3) is 0 Å². The molecule has 86 valence electrons. The van der Waals surface area contributed by atoms with Crippen LogP contribution in [0.2, 0.25) is 0 Å². The van der Waals surface area contributed by atoms with Crippen molar-refractivity contribution in [3.63, 3.8) is 0 Å². The first-order valence-electron chi connectivity index (χ1n) is 6.15. The molecule has 0 unspecified atom stereocenters. The molecule has 0 spiro atoms. The molecule has 0 radical (unpaired) electrons. The molecule has 0 saturated carbocycles. The number of carbonyl (C=O) groups is 1. The summed E-state index contributed by atoms with van der Waals surface area (Å²) in [4.78, 5) is 11.6. The van der Waals surface area contributed by atoms with Crippen molar-refractivity contribution in [2.75, 3.05) is 13.1 Å². The molecule has 2 nitrogen and oxygen atoms in total. The summed E-state index contributed by atoms with van der Waals surface area (Å²) in [6, 6.07) is 8.18. The molecule has 0 aromatic heterocycles. The van der Waals surface area contributed by atoms with E-state index in [1.54, 1.807) is 0 Å². The van der Waals surface area contributed by atoms with Crippen LogP contribution in [0.4, 0.5) is 0 Å². The quantitative estimate of drug-likeness (QED) is 0.789. The monoisotopic (exact) mass is 217 g/mol. The van der Waals surface area contributed by atoms with Crippen molar-refractivity contribution in [2.45, 2.75) is 32.1 Å². The Bertz CT molecular complexity index is 367. The predicted octanol–water partition coefficient (Wildman–Crippen LogP) is 2.75. The minimum absolute atomic E-state index is 0.246. The van der Waals surface area contributed by atoms with E-state index in [-0.39, 0.29) is 5.78 Å². The summed E-state index contributed by atoms with van der Waals surface area (Å²) in [7, 11) is 0. The van der Waals surface area contributed by atoms with Crippen LogP contribution in [0, 0.1) is 0 Å². The van der Waals surface area contributed by atoms with Gasteiger partial charge in [-0.25, -0.2) is 0 Å². The fraction of sp³-hybridized carbons (Fsp3) is 0.500. The van der Waals surface area contributed by atoms with Gasteiger partial charge in [0.15, 0.2) is 5.78 Å². The zero-order valence-corrected chi connectivity index (χ0v) is 9.83. The van der Waals surface area contributed by atoms with E-state index in [1.165, 1.54) is 18.4 Å². The van der Waals surface area contributed by atoms with Crippen molar-refractivity contribution in [3.8, 4) is 0 Å². The summed E-state index contributed by atoms with van der Waals surface area (Å²) in [5, 5.41) is 3.37. The molecule has 1 saturated heterocycles. The van der Waals surface area contributed by atoms with Crippen molar-refractivity contribution in [1.82, 2.24) is 5.32 Å². The van der Waals surface area contributed by atoms with Crippen molar-refractivity contribution < 1.29 is 4.79 Å². The number of rotatable bonds is 3. The van der Waals surface area contributed by atoms with E-state index in [4.69, 9.17) is 0 Å². The molecule has 1 aromatic rings. The van der Waals surface area contributed by atoms with Crippen LogP contribution in [0.15, 0.2) is 24.3 Å². The lowest BCUT2D eigenvalue weighted by atomic mass is 9.89. The van der Waals surface area contributed by atoms with Crippen molar-refractivity contribution in [3.05, 3.63) is 35.4 Å².